The van der Waals surface area contributed by atoms with E-state index < -0.39 is 0 Å². The molecule has 4 nitrogen and oxygen atoms in total. The Morgan fingerprint density at radius 1 is 1.40 bits per heavy atom. The van der Waals surface area contributed by atoms with Crippen LogP contribution < -0.4 is 5.32 Å². The van der Waals surface area contributed by atoms with E-state index in [1.54, 1.807) is 0 Å². The summed E-state index contributed by atoms with van der Waals surface area (Å²) in [5.74, 6) is 0.934. The van der Waals surface area contributed by atoms with Gasteiger partial charge >= 0.3 is 0 Å². The van der Waals surface area contributed by atoms with E-state index in [2.05, 4.69) is 47.9 Å². The summed E-state index contributed by atoms with van der Waals surface area (Å²) in [6.07, 6.45) is 6.17. The molecule has 112 valence electrons. The third-order valence-electron chi connectivity index (χ3n) is 4.78. The van der Waals surface area contributed by atoms with Crippen molar-refractivity contribution in [1.29, 1.82) is 0 Å². The summed E-state index contributed by atoms with van der Waals surface area (Å²) in [5.41, 5.74) is 1.22. The maximum Gasteiger partial charge on any atom is 0.0765 e. The first-order valence-electron chi connectivity index (χ1n) is 8.18. The van der Waals surface area contributed by atoms with Gasteiger partial charge in [0.15, 0.2) is 0 Å². The Morgan fingerprint density at radius 2 is 2.20 bits per heavy atom. The van der Waals surface area contributed by atoms with Crippen LogP contribution in [0.15, 0.2) is 12.3 Å². The first-order chi connectivity index (χ1) is 9.67. The molecule has 3 rings (SSSR count). The highest BCUT2D eigenvalue weighted by molar-refractivity contribution is 5.02. The molecule has 1 aliphatic heterocycles. The molecule has 2 aliphatic rings. The van der Waals surface area contributed by atoms with Crippen LogP contribution in [0.5, 0.6) is 0 Å². The molecular weight excluding hydrogens is 248 g/mol. The first kappa shape index (κ1) is 14.1. The Hall–Kier alpha value is -0.870. The highest BCUT2D eigenvalue weighted by atomic mass is 15.3. The fraction of sp³-hybridized carbons (Fsp3) is 0.812. The molecule has 2 heterocycles. The van der Waals surface area contributed by atoms with E-state index in [1.807, 2.05) is 0 Å². The summed E-state index contributed by atoms with van der Waals surface area (Å²) in [5, 5.41) is 8.47. The van der Waals surface area contributed by atoms with E-state index >= 15 is 0 Å². The second kappa shape index (κ2) is 5.86. The number of nitrogens with one attached hydrogen (secondary N) is 1. The van der Waals surface area contributed by atoms with Crippen LogP contribution in [0.4, 0.5) is 0 Å². The monoisotopic (exact) mass is 276 g/mol. The number of rotatable bonds is 5. The number of hydrogen-bond donors (Lipinski definition) is 1. The van der Waals surface area contributed by atoms with Gasteiger partial charge in [0.2, 0.25) is 0 Å². The second-order valence-corrected chi connectivity index (χ2v) is 6.72. The van der Waals surface area contributed by atoms with Crippen LogP contribution in [0.2, 0.25) is 0 Å². The Balaban J connectivity index is 1.65. The maximum absolute atomic E-state index is 4.71. The van der Waals surface area contributed by atoms with Crippen LogP contribution in [0, 0.1) is 5.92 Å². The Bertz CT molecular complexity index is 435. The van der Waals surface area contributed by atoms with Crippen LogP contribution in [-0.2, 0) is 6.54 Å². The molecule has 1 saturated carbocycles. The predicted molar refractivity (Wildman–Crippen MR) is 81.6 cm³/mol. The average molecular weight is 276 g/mol. The van der Waals surface area contributed by atoms with E-state index in [-0.39, 0.29) is 0 Å². The van der Waals surface area contributed by atoms with Crippen molar-refractivity contribution in [1.82, 2.24) is 20.0 Å². The SMILES string of the molecule is CCC1CNC(C2CC2)CN1Cc1ccn(C(C)C)n1. The van der Waals surface area contributed by atoms with Crippen LogP contribution in [0.1, 0.15) is 51.8 Å². The largest absolute Gasteiger partial charge is 0.311 e. The van der Waals surface area contributed by atoms with E-state index in [1.165, 1.54) is 31.5 Å². The van der Waals surface area contributed by atoms with Gasteiger partial charge in [0, 0.05) is 44.0 Å². The van der Waals surface area contributed by atoms with Crippen molar-refractivity contribution < 1.29 is 0 Å². The molecule has 1 aliphatic carbocycles. The van der Waals surface area contributed by atoms with Gasteiger partial charge in [-0.15, -0.1) is 0 Å². The lowest BCUT2D eigenvalue weighted by Crippen LogP contribution is -2.56. The zero-order valence-electron chi connectivity index (χ0n) is 13.0. The zero-order valence-corrected chi connectivity index (χ0v) is 13.0. The lowest BCUT2D eigenvalue weighted by atomic mass is 10.0. The maximum atomic E-state index is 4.71. The summed E-state index contributed by atoms with van der Waals surface area (Å²) in [6.45, 7) is 9.99. The number of hydrogen-bond acceptors (Lipinski definition) is 3. The van der Waals surface area contributed by atoms with Crippen molar-refractivity contribution >= 4 is 0 Å². The molecule has 0 aromatic carbocycles. The quantitative estimate of drug-likeness (QED) is 0.896. The number of piperazine rings is 1. The van der Waals surface area contributed by atoms with Gasteiger partial charge in [0.25, 0.3) is 0 Å². The minimum atomic E-state index is 0.452. The summed E-state index contributed by atoms with van der Waals surface area (Å²) in [7, 11) is 0. The Labute approximate surface area is 122 Å². The van der Waals surface area contributed by atoms with E-state index in [0.717, 1.165) is 19.0 Å². The molecule has 1 N–H and O–H groups in total. The summed E-state index contributed by atoms with van der Waals surface area (Å²) >= 11 is 0. The highest BCUT2D eigenvalue weighted by Crippen LogP contribution is 2.34. The van der Waals surface area contributed by atoms with Crippen molar-refractivity contribution in [2.75, 3.05) is 13.1 Å². The summed E-state index contributed by atoms with van der Waals surface area (Å²) < 4.78 is 2.07. The van der Waals surface area contributed by atoms with Gasteiger partial charge < -0.3 is 5.32 Å². The molecule has 4 heteroatoms. The molecule has 2 atom stereocenters. The van der Waals surface area contributed by atoms with Crippen molar-refractivity contribution in [3.05, 3.63) is 18.0 Å². The topological polar surface area (TPSA) is 33.1 Å². The molecule has 0 bridgehead atoms. The molecule has 0 radical (unpaired) electrons. The molecule has 0 spiro atoms. The number of aromatic nitrogens is 2. The molecule has 1 aromatic heterocycles. The molecule has 0 amide bonds. The van der Waals surface area contributed by atoms with Crippen LogP contribution in [0.3, 0.4) is 0 Å². The molecule has 20 heavy (non-hydrogen) atoms. The van der Waals surface area contributed by atoms with Gasteiger partial charge in [0.1, 0.15) is 0 Å². The normalized spacial score (nSPS) is 28.2. The molecule has 1 aromatic rings. The summed E-state index contributed by atoms with van der Waals surface area (Å²) in [4.78, 5) is 2.65. The smallest absolute Gasteiger partial charge is 0.0765 e. The van der Waals surface area contributed by atoms with E-state index in [4.69, 9.17) is 5.10 Å². The fourth-order valence-electron chi connectivity index (χ4n) is 3.25. The van der Waals surface area contributed by atoms with E-state index in [9.17, 15) is 0 Å². The van der Waals surface area contributed by atoms with Gasteiger partial charge in [-0.2, -0.15) is 5.10 Å². The lowest BCUT2D eigenvalue weighted by Gasteiger charge is -2.40. The molecule has 1 saturated heterocycles. The predicted octanol–water partition coefficient (Wildman–Crippen LogP) is 2.43. The lowest BCUT2D eigenvalue weighted by molar-refractivity contribution is 0.110. The van der Waals surface area contributed by atoms with Gasteiger partial charge in [0.05, 0.1) is 5.69 Å². The van der Waals surface area contributed by atoms with Crippen molar-refractivity contribution in [2.24, 2.45) is 5.92 Å². The summed E-state index contributed by atoms with van der Waals surface area (Å²) in [6, 6.07) is 4.01. The number of nitrogens with zero attached hydrogens (tertiary/aromatic N) is 3. The third-order valence-corrected chi connectivity index (χ3v) is 4.78. The fourth-order valence-corrected chi connectivity index (χ4v) is 3.25. The highest BCUT2D eigenvalue weighted by Gasteiger charge is 2.36. The molecule has 2 unspecified atom stereocenters. The van der Waals surface area contributed by atoms with Crippen molar-refractivity contribution in [2.45, 2.75) is 64.7 Å². The third kappa shape index (κ3) is 3.07. The molecule has 2 fully saturated rings. The zero-order chi connectivity index (χ0) is 14.1. The van der Waals surface area contributed by atoms with Gasteiger partial charge in [-0.25, -0.2) is 0 Å². The van der Waals surface area contributed by atoms with Crippen LogP contribution in [-0.4, -0.2) is 39.9 Å². The van der Waals surface area contributed by atoms with Crippen molar-refractivity contribution in [3.8, 4) is 0 Å². The van der Waals surface area contributed by atoms with Crippen LogP contribution in [0.25, 0.3) is 0 Å². The van der Waals surface area contributed by atoms with Crippen LogP contribution >= 0.6 is 0 Å². The average Bonchev–Trinajstić information content (AvgIpc) is 3.18. The Morgan fingerprint density at radius 3 is 2.80 bits per heavy atom. The second-order valence-electron chi connectivity index (χ2n) is 6.72. The first-order valence-corrected chi connectivity index (χ1v) is 8.18. The van der Waals surface area contributed by atoms with Crippen molar-refractivity contribution in [3.63, 3.8) is 0 Å². The minimum Gasteiger partial charge on any atom is -0.311 e. The Kier molecular flexibility index (Phi) is 4.13. The van der Waals surface area contributed by atoms with Gasteiger partial charge in [-0.05, 0) is 45.1 Å². The molecular formula is C16H28N4. The van der Waals surface area contributed by atoms with Gasteiger partial charge in [-0.3, -0.25) is 9.58 Å². The van der Waals surface area contributed by atoms with Gasteiger partial charge in [-0.1, -0.05) is 6.92 Å². The van der Waals surface area contributed by atoms with E-state index in [0.29, 0.717) is 18.1 Å². The standard InChI is InChI=1S/C16H28N4/c1-4-15-9-17-16(13-5-6-13)11-19(15)10-14-7-8-20(18-14)12(2)3/h7-8,12-13,15-17H,4-6,9-11H2,1-3H3. The minimum absolute atomic E-state index is 0.452.